The zero-order chi connectivity index (χ0) is 12.8. The number of carbonyl (C=O) groups excluding carboxylic acids is 1. The van der Waals surface area contributed by atoms with Gasteiger partial charge in [-0.25, -0.2) is 0 Å². The summed E-state index contributed by atoms with van der Waals surface area (Å²) in [5.41, 5.74) is 5.54. The van der Waals surface area contributed by atoms with Gasteiger partial charge >= 0.3 is 0 Å². The molecule has 0 spiro atoms. The molecule has 1 amide bonds. The number of amides is 1. The summed E-state index contributed by atoms with van der Waals surface area (Å²) in [6, 6.07) is 0.404. The summed E-state index contributed by atoms with van der Waals surface area (Å²) in [7, 11) is 3.52. The third-order valence-electron chi connectivity index (χ3n) is 3.85. The van der Waals surface area contributed by atoms with Gasteiger partial charge in [-0.05, 0) is 18.8 Å². The first kappa shape index (κ1) is 17.7. The largest absolute Gasteiger partial charge is 0.380 e. The van der Waals surface area contributed by atoms with Gasteiger partial charge in [0.05, 0.1) is 12.5 Å². The number of rotatable bonds is 5. The standard InChI is InChI=1S/C13H26N2O2.ClH/c1-10-5-4-6-11(7-10)15(2)13(16)8-12(9-14)17-3;/h10-12H,4-9,14H2,1-3H3;1H. The molecule has 0 aromatic heterocycles. The van der Waals surface area contributed by atoms with E-state index in [9.17, 15) is 4.79 Å². The van der Waals surface area contributed by atoms with Crippen LogP contribution < -0.4 is 5.73 Å². The average molecular weight is 279 g/mol. The Labute approximate surface area is 117 Å². The van der Waals surface area contributed by atoms with Gasteiger partial charge in [0, 0.05) is 26.7 Å². The van der Waals surface area contributed by atoms with E-state index in [1.165, 1.54) is 12.8 Å². The Bertz CT molecular complexity index is 247. The highest BCUT2D eigenvalue weighted by atomic mass is 35.5. The van der Waals surface area contributed by atoms with E-state index in [0.717, 1.165) is 18.8 Å². The van der Waals surface area contributed by atoms with Gasteiger partial charge in [0.15, 0.2) is 0 Å². The van der Waals surface area contributed by atoms with Gasteiger partial charge in [-0.3, -0.25) is 4.79 Å². The minimum absolute atomic E-state index is 0. The Morgan fingerprint density at radius 1 is 1.50 bits per heavy atom. The van der Waals surface area contributed by atoms with Crippen LogP contribution in [0.25, 0.3) is 0 Å². The summed E-state index contributed by atoms with van der Waals surface area (Å²) in [4.78, 5) is 14.0. The second-order valence-corrected chi connectivity index (χ2v) is 5.23. The lowest BCUT2D eigenvalue weighted by Crippen LogP contribution is -2.42. The van der Waals surface area contributed by atoms with E-state index in [0.29, 0.717) is 19.0 Å². The van der Waals surface area contributed by atoms with Gasteiger partial charge < -0.3 is 15.4 Å². The molecule has 4 nitrogen and oxygen atoms in total. The van der Waals surface area contributed by atoms with Gasteiger partial charge in [-0.1, -0.05) is 19.8 Å². The molecular weight excluding hydrogens is 252 g/mol. The molecular formula is C13H27ClN2O2. The fourth-order valence-electron chi connectivity index (χ4n) is 2.56. The van der Waals surface area contributed by atoms with Gasteiger partial charge in [-0.2, -0.15) is 0 Å². The Hall–Kier alpha value is -0.320. The first-order valence-electron chi connectivity index (χ1n) is 6.57. The van der Waals surface area contributed by atoms with Crippen LogP contribution in [0.2, 0.25) is 0 Å². The molecule has 3 atom stereocenters. The molecule has 0 saturated heterocycles. The van der Waals surface area contributed by atoms with Crippen molar-refractivity contribution in [3.05, 3.63) is 0 Å². The molecule has 0 aromatic rings. The van der Waals surface area contributed by atoms with Crippen LogP contribution in [-0.2, 0) is 9.53 Å². The number of methoxy groups -OCH3 is 1. The summed E-state index contributed by atoms with van der Waals surface area (Å²) in [6.45, 7) is 2.67. The Morgan fingerprint density at radius 2 is 2.17 bits per heavy atom. The Balaban J connectivity index is 0.00000289. The van der Waals surface area contributed by atoms with Crippen molar-refractivity contribution in [2.45, 2.75) is 51.2 Å². The van der Waals surface area contributed by atoms with Crippen LogP contribution in [0, 0.1) is 5.92 Å². The zero-order valence-corrected chi connectivity index (χ0v) is 12.5. The summed E-state index contributed by atoms with van der Waals surface area (Å²) in [5, 5.41) is 0. The van der Waals surface area contributed by atoms with E-state index < -0.39 is 0 Å². The monoisotopic (exact) mass is 278 g/mol. The lowest BCUT2D eigenvalue weighted by atomic mass is 9.86. The van der Waals surface area contributed by atoms with Crippen LogP contribution in [0.5, 0.6) is 0 Å². The minimum atomic E-state index is -0.147. The molecule has 0 aliphatic heterocycles. The second-order valence-electron chi connectivity index (χ2n) is 5.23. The molecule has 0 aromatic carbocycles. The molecule has 108 valence electrons. The van der Waals surface area contributed by atoms with Crippen molar-refractivity contribution in [1.82, 2.24) is 4.90 Å². The number of nitrogens with zero attached hydrogens (tertiary/aromatic N) is 1. The predicted octanol–water partition coefficient (Wildman–Crippen LogP) is 1.81. The molecule has 1 aliphatic carbocycles. The lowest BCUT2D eigenvalue weighted by Gasteiger charge is -2.34. The minimum Gasteiger partial charge on any atom is -0.380 e. The topological polar surface area (TPSA) is 55.6 Å². The zero-order valence-electron chi connectivity index (χ0n) is 11.7. The van der Waals surface area contributed by atoms with Gasteiger partial charge in [0.25, 0.3) is 0 Å². The van der Waals surface area contributed by atoms with E-state index in [1.807, 2.05) is 11.9 Å². The Kier molecular flexibility index (Phi) is 8.57. The van der Waals surface area contributed by atoms with Crippen molar-refractivity contribution in [2.75, 3.05) is 20.7 Å². The summed E-state index contributed by atoms with van der Waals surface area (Å²) in [5.74, 6) is 0.887. The maximum atomic E-state index is 12.1. The van der Waals surface area contributed by atoms with E-state index >= 15 is 0 Å². The molecule has 18 heavy (non-hydrogen) atoms. The quantitative estimate of drug-likeness (QED) is 0.834. The molecule has 1 fully saturated rings. The van der Waals surface area contributed by atoms with Crippen molar-refractivity contribution in [3.8, 4) is 0 Å². The molecule has 5 heteroatoms. The molecule has 2 N–H and O–H groups in total. The fourth-order valence-corrected chi connectivity index (χ4v) is 2.56. The number of hydrogen-bond donors (Lipinski definition) is 1. The van der Waals surface area contributed by atoms with Crippen molar-refractivity contribution in [2.24, 2.45) is 11.7 Å². The van der Waals surface area contributed by atoms with Crippen LogP contribution in [0.3, 0.4) is 0 Å². The summed E-state index contributed by atoms with van der Waals surface area (Å²) >= 11 is 0. The number of nitrogens with two attached hydrogens (primary N) is 1. The highest BCUT2D eigenvalue weighted by Gasteiger charge is 2.26. The van der Waals surface area contributed by atoms with Gasteiger partial charge in [-0.15, -0.1) is 12.4 Å². The van der Waals surface area contributed by atoms with Crippen LogP contribution in [0.4, 0.5) is 0 Å². The maximum absolute atomic E-state index is 12.1. The van der Waals surface area contributed by atoms with E-state index in [4.69, 9.17) is 10.5 Å². The molecule has 0 bridgehead atoms. The number of carbonyl (C=O) groups is 1. The van der Waals surface area contributed by atoms with Crippen molar-refractivity contribution >= 4 is 18.3 Å². The van der Waals surface area contributed by atoms with Crippen LogP contribution in [-0.4, -0.2) is 43.7 Å². The smallest absolute Gasteiger partial charge is 0.225 e. The van der Waals surface area contributed by atoms with Crippen molar-refractivity contribution in [3.63, 3.8) is 0 Å². The second kappa shape index (κ2) is 8.73. The number of hydrogen-bond acceptors (Lipinski definition) is 3. The molecule has 1 saturated carbocycles. The van der Waals surface area contributed by atoms with Gasteiger partial charge in [0.1, 0.15) is 0 Å². The SMILES string of the molecule is COC(CN)CC(=O)N(C)C1CCCC(C)C1.Cl. The van der Waals surface area contributed by atoms with Crippen LogP contribution in [0.1, 0.15) is 39.0 Å². The summed E-state index contributed by atoms with van der Waals surface area (Å²) < 4.78 is 5.16. The first-order chi connectivity index (χ1) is 8.08. The van der Waals surface area contributed by atoms with Gasteiger partial charge in [0.2, 0.25) is 5.91 Å². The fraction of sp³-hybridized carbons (Fsp3) is 0.923. The number of ether oxygens (including phenoxy) is 1. The third kappa shape index (κ3) is 5.12. The highest BCUT2D eigenvalue weighted by molar-refractivity contribution is 5.85. The molecule has 1 aliphatic rings. The van der Waals surface area contributed by atoms with E-state index in [2.05, 4.69) is 6.92 Å². The highest BCUT2D eigenvalue weighted by Crippen LogP contribution is 2.27. The van der Waals surface area contributed by atoms with Crippen LogP contribution in [0.15, 0.2) is 0 Å². The third-order valence-corrected chi connectivity index (χ3v) is 3.85. The molecule has 1 rings (SSSR count). The molecule has 0 radical (unpaired) electrons. The predicted molar refractivity (Wildman–Crippen MR) is 75.9 cm³/mol. The van der Waals surface area contributed by atoms with E-state index in [1.54, 1.807) is 7.11 Å². The molecule has 3 unspecified atom stereocenters. The molecule has 0 heterocycles. The van der Waals surface area contributed by atoms with E-state index in [-0.39, 0.29) is 24.4 Å². The van der Waals surface area contributed by atoms with Crippen LogP contribution >= 0.6 is 12.4 Å². The first-order valence-corrected chi connectivity index (χ1v) is 6.57. The van der Waals surface area contributed by atoms with Crippen molar-refractivity contribution in [1.29, 1.82) is 0 Å². The average Bonchev–Trinajstić information content (AvgIpc) is 2.34. The lowest BCUT2D eigenvalue weighted by molar-refractivity contribution is -0.135. The maximum Gasteiger partial charge on any atom is 0.225 e. The summed E-state index contributed by atoms with van der Waals surface area (Å²) in [6.07, 6.45) is 5.03. The normalized spacial score (nSPS) is 25.1. The Morgan fingerprint density at radius 3 is 2.67 bits per heavy atom. The van der Waals surface area contributed by atoms with Crippen molar-refractivity contribution < 1.29 is 9.53 Å². The number of halogens is 1.